The summed E-state index contributed by atoms with van der Waals surface area (Å²) in [6.07, 6.45) is 2.07. The number of aromatic nitrogens is 2. The molecule has 6 heteroatoms. The Balaban J connectivity index is 1.80. The normalized spacial score (nSPS) is 10.7. The molecule has 1 N–H and O–H groups in total. The zero-order valence-corrected chi connectivity index (χ0v) is 14.8. The van der Waals surface area contributed by atoms with Crippen molar-refractivity contribution in [3.05, 3.63) is 50.8 Å². The number of carbonyl (C=O) groups excluding carboxylic acids is 1. The monoisotopic (exact) mass is 343 g/mol. The average Bonchev–Trinajstić information content (AvgIpc) is 3.06. The second-order valence-corrected chi connectivity index (χ2v) is 7.89. The zero-order valence-electron chi connectivity index (χ0n) is 13.2. The quantitative estimate of drug-likeness (QED) is 0.765. The van der Waals surface area contributed by atoms with Crippen molar-refractivity contribution in [3.8, 4) is 11.3 Å². The first-order valence-corrected chi connectivity index (χ1v) is 8.90. The summed E-state index contributed by atoms with van der Waals surface area (Å²) in [5.41, 5.74) is 3.16. The molecule has 1 amide bonds. The lowest BCUT2D eigenvalue weighted by atomic mass is 10.1. The average molecular weight is 343 g/mol. The molecule has 0 fully saturated rings. The third-order valence-electron chi connectivity index (χ3n) is 3.32. The molecule has 23 heavy (non-hydrogen) atoms. The molecule has 0 radical (unpaired) electrons. The van der Waals surface area contributed by atoms with Crippen molar-refractivity contribution in [1.29, 1.82) is 0 Å². The predicted octanol–water partition coefficient (Wildman–Crippen LogP) is 4.37. The van der Waals surface area contributed by atoms with Crippen LogP contribution in [0.2, 0.25) is 0 Å². The van der Waals surface area contributed by atoms with Crippen LogP contribution in [0.15, 0.2) is 30.5 Å². The van der Waals surface area contributed by atoms with Crippen LogP contribution in [-0.4, -0.2) is 15.9 Å². The van der Waals surface area contributed by atoms with E-state index in [2.05, 4.69) is 46.5 Å². The molecule has 0 saturated carbocycles. The van der Waals surface area contributed by atoms with Gasteiger partial charge in [-0.2, -0.15) is 0 Å². The van der Waals surface area contributed by atoms with E-state index >= 15 is 0 Å². The highest BCUT2D eigenvalue weighted by molar-refractivity contribution is 7.15. The second kappa shape index (κ2) is 6.60. The highest BCUT2D eigenvalue weighted by Gasteiger charge is 2.15. The van der Waals surface area contributed by atoms with E-state index in [9.17, 15) is 4.79 Å². The Morgan fingerprint density at radius 1 is 1.13 bits per heavy atom. The molecule has 0 saturated heterocycles. The third kappa shape index (κ3) is 3.83. The molecule has 0 atom stereocenters. The number of thiazole rings is 2. The van der Waals surface area contributed by atoms with E-state index < -0.39 is 0 Å². The minimum atomic E-state index is -0.0589. The maximum Gasteiger partial charge on any atom is 0.231 e. The number of rotatable bonds is 4. The molecule has 0 aliphatic carbocycles. The first-order chi connectivity index (χ1) is 11.0. The molecule has 3 rings (SSSR count). The van der Waals surface area contributed by atoms with Gasteiger partial charge < -0.3 is 5.32 Å². The Kier molecular flexibility index (Phi) is 4.54. The van der Waals surface area contributed by atoms with Crippen LogP contribution in [0.1, 0.15) is 20.3 Å². The Bertz CT molecular complexity index is 834. The van der Waals surface area contributed by atoms with Gasteiger partial charge in [-0.1, -0.05) is 29.8 Å². The topological polar surface area (TPSA) is 54.9 Å². The van der Waals surface area contributed by atoms with Crippen molar-refractivity contribution in [2.75, 3.05) is 5.32 Å². The van der Waals surface area contributed by atoms with E-state index in [1.165, 1.54) is 16.9 Å². The van der Waals surface area contributed by atoms with Gasteiger partial charge in [0.1, 0.15) is 0 Å². The molecule has 0 unspecified atom stereocenters. The van der Waals surface area contributed by atoms with Gasteiger partial charge in [0.25, 0.3) is 0 Å². The van der Waals surface area contributed by atoms with Crippen LogP contribution in [0.5, 0.6) is 0 Å². The number of amides is 1. The van der Waals surface area contributed by atoms with Gasteiger partial charge in [-0.05, 0) is 20.8 Å². The van der Waals surface area contributed by atoms with Crippen molar-refractivity contribution in [1.82, 2.24) is 9.97 Å². The second-order valence-electron chi connectivity index (χ2n) is 5.37. The van der Waals surface area contributed by atoms with Crippen LogP contribution in [0.25, 0.3) is 11.3 Å². The fourth-order valence-corrected chi connectivity index (χ4v) is 3.89. The summed E-state index contributed by atoms with van der Waals surface area (Å²) in [7, 11) is 0. The zero-order chi connectivity index (χ0) is 16.4. The van der Waals surface area contributed by atoms with Crippen molar-refractivity contribution in [2.45, 2.75) is 27.2 Å². The molecule has 118 valence electrons. The molecule has 0 spiro atoms. The fraction of sp³-hybridized carbons (Fsp3) is 0.235. The van der Waals surface area contributed by atoms with Crippen LogP contribution >= 0.6 is 22.7 Å². The largest absolute Gasteiger partial charge is 0.302 e. The smallest absolute Gasteiger partial charge is 0.231 e. The van der Waals surface area contributed by atoms with Crippen LogP contribution in [0.3, 0.4) is 0 Å². The highest BCUT2D eigenvalue weighted by atomic mass is 32.1. The van der Waals surface area contributed by atoms with Crippen LogP contribution in [0, 0.1) is 20.8 Å². The molecule has 2 heterocycles. The fourth-order valence-electron chi connectivity index (χ4n) is 2.25. The molecular weight excluding hydrogens is 326 g/mol. The first kappa shape index (κ1) is 15.8. The summed E-state index contributed by atoms with van der Waals surface area (Å²) in [6.45, 7) is 5.99. The van der Waals surface area contributed by atoms with Crippen LogP contribution in [0.4, 0.5) is 5.13 Å². The van der Waals surface area contributed by atoms with Gasteiger partial charge in [-0.25, -0.2) is 9.97 Å². The minimum absolute atomic E-state index is 0.0589. The number of nitrogens with zero attached hydrogens (tertiary/aromatic N) is 2. The lowest BCUT2D eigenvalue weighted by Gasteiger charge is -2.04. The SMILES string of the molecule is Cc1ccc(-c2nc(C)sc2CC(=O)Nc2ncc(C)s2)cc1. The molecule has 0 aliphatic rings. The molecule has 0 aliphatic heterocycles. The van der Waals surface area contributed by atoms with E-state index in [4.69, 9.17) is 0 Å². The van der Waals surface area contributed by atoms with Crippen molar-refractivity contribution >= 4 is 33.7 Å². The predicted molar refractivity (Wildman–Crippen MR) is 96.2 cm³/mol. The lowest BCUT2D eigenvalue weighted by Crippen LogP contribution is -2.13. The van der Waals surface area contributed by atoms with Crippen molar-refractivity contribution in [3.63, 3.8) is 0 Å². The molecule has 0 bridgehead atoms. The minimum Gasteiger partial charge on any atom is -0.302 e. The number of anilines is 1. The van der Waals surface area contributed by atoms with Gasteiger partial charge in [0.05, 0.1) is 17.1 Å². The highest BCUT2D eigenvalue weighted by Crippen LogP contribution is 2.29. The summed E-state index contributed by atoms with van der Waals surface area (Å²) >= 11 is 3.05. The standard InChI is InChI=1S/C17H17N3OS2/c1-10-4-6-13(7-5-10)16-14(23-12(3)19-16)8-15(21)20-17-18-9-11(2)22-17/h4-7,9H,8H2,1-3H3,(H,18,20,21). The number of carbonyl (C=O) groups is 1. The van der Waals surface area contributed by atoms with Crippen molar-refractivity contribution in [2.24, 2.45) is 0 Å². The van der Waals surface area contributed by atoms with Crippen molar-refractivity contribution < 1.29 is 4.79 Å². The molecule has 3 aromatic rings. The molecular formula is C17H17N3OS2. The van der Waals surface area contributed by atoms with Crippen LogP contribution in [-0.2, 0) is 11.2 Å². The van der Waals surface area contributed by atoms with Gasteiger partial charge in [0.15, 0.2) is 5.13 Å². The van der Waals surface area contributed by atoms with E-state index in [0.717, 1.165) is 26.0 Å². The maximum absolute atomic E-state index is 12.3. The van der Waals surface area contributed by atoms with Crippen LogP contribution < -0.4 is 5.32 Å². The summed E-state index contributed by atoms with van der Waals surface area (Å²) < 4.78 is 0. The molecule has 1 aromatic carbocycles. The summed E-state index contributed by atoms with van der Waals surface area (Å²) in [6, 6.07) is 8.23. The summed E-state index contributed by atoms with van der Waals surface area (Å²) in [4.78, 5) is 23.1. The Morgan fingerprint density at radius 3 is 2.52 bits per heavy atom. The third-order valence-corrected chi connectivity index (χ3v) is 5.12. The molecule has 4 nitrogen and oxygen atoms in total. The number of benzene rings is 1. The maximum atomic E-state index is 12.3. The molecule has 2 aromatic heterocycles. The number of hydrogen-bond acceptors (Lipinski definition) is 5. The van der Waals surface area contributed by atoms with E-state index in [1.54, 1.807) is 17.5 Å². The summed E-state index contributed by atoms with van der Waals surface area (Å²) in [5.74, 6) is -0.0589. The Morgan fingerprint density at radius 2 is 1.87 bits per heavy atom. The van der Waals surface area contributed by atoms with Gasteiger partial charge in [0.2, 0.25) is 5.91 Å². The van der Waals surface area contributed by atoms with Gasteiger partial charge >= 0.3 is 0 Å². The van der Waals surface area contributed by atoms with Gasteiger partial charge in [-0.3, -0.25) is 4.79 Å². The summed E-state index contributed by atoms with van der Waals surface area (Å²) in [5, 5.41) is 4.47. The number of aryl methyl sites for hydroxylation is 3. The Labute approximate surface area is 143 Å². The van der Waals surface area contributed by atoms with E-state index in [-0.39, 0.29) is 5.91 Å². The lowest BCUT2D eigenvalue weighted by molar-refractivity contribution is -0.115. The first-order valence-electron chi connectivity index (χ1n) is 7.27. The Hall–Kier alpha value is -2.05. The van der Waals surface area contributed by atoms with Gasteiger partial charge in [-0.15, -0.1) is 22.7 Å². The van der Waals surface area contributed by atoms with E-state index in [1.807, 2.05) is 13.8 Å². The number of nitrogens with one attached hydrogen (secondary N) is 1. The van der Waals surface area contributed by atoms with Gasteiger partial charge in [0, 0.05) is 21.5 Å². The van der Waals surface area contributed by atoms with E-state index in [0.29, 0.717) is 11.6 Å². The number of hydrogen-bond donors (Lipinski definition) is 1.